The van der Waals surface area contributed by atoms with Crippen LogP contribution in [0.1, 0.15) is 20.3 Å². The number of amides is 2. The predicted molar refractivity (Wildman–Crippen MR) is 86.6 cm³/mol. The summed E-state index contributed by atoms with van der Waals surface area (Å²) >= 11 is 1.40. The van der Waals surface area contributed by atoms with Crippen LogP contribution in [0.3, 0.4) is 0 Å². The van der Waals surface area contributed by atoms with E-state index in [1.807, 2.05) is 6.92 Å². The topological polar surface area (TPSA) is 133 Å². The van der Waals surface area contributed by atoms with E-state index in [-0.39, 0.29) is 28.8 Å². The Morgan fingerprint density at radius 3 is 2.62 bits per heavy atom. The summed E-state index contributed by atoms with van der Waals surface area (Å²) in [5.74, 6) is -2.62. The minimum Gasteiger partial charge on any atom is -0.477 e. The van der Waals surface area contributed by atoms with Crippen LogP contribution in [0.2, 0.25) is 0 Å². The molecule has 0 saturated carbocycles. The van der Waals surface area contributed by atoms with Gasteiger partial charge in [-0.25, -0.2) is 4.79 Å². The van der Waals surface area contributed by atoms with Crippen molar-refractivity contribution in [2.24, 2.45) is 17.6 Å². The molecule has 0 radical (unpaired) electrons. The highest BCUT2D eigenvalue weighted by Gasteiger charge is 2.60. The van der Waals surface area contributed by atoms with Crippen molar-refractivity contribution in [3.63, 3.8) is 0 Å². The second-order valence-electron chi connectivity index (χ2n) is 6.61. The molecule has 3 heterocycles. The van der Waals surface area contributed by atoms with Crippen LogP contribution in [-0.4, -0.2) is 62.9 Å². The van der Waals surface area contributed by atoms with E-state index in [0.29, 0.717) is 17.9 Å². The van der Waals surface area contributed by atoms with Crippen LogP contribution in [0.5, 0.6) is 0 Å². The molecule has 6 atom stereocenters. The smallest absolute Gasteiger partial charge is 0.353 e. The Morgan fingerprint density at radius 1 is 1.46 bits per heavy atom. The van der Waals surface area contributed by atoms with Crippen molar-refractivity contribution in [3.05, 3.63) is 10.6 Å². The number of hydrogen-bond acceptors (Lipinski definition) is 6. The maximum Gasteiger partial charge on any atom is 0.353 e. The van der Waals surface area contributed by atoms with Crippen LogP contribution < -0.4 is 11.1 Å². The molecule has 2 saturated heterocycles. The Labute approximate surface area is 143 Å². The number of carbonyl (C=O) groups excluding carboxylic acids is 2. The molecule has 0 aromatic heterocycles. The molecule has 3 aliphatic rings. The van der Waals surface area contributed by atoms with Gasteiger partial charge in [0, 0.05) is 22.6 Å². The molecular weight excluding hydrogens is 334 g/mol. The number of primary amides is 1. The monoisotopic (exact) mass is 355 g/mol. The normalized spacial score (nSPS) is 36.5. The van der Waals surface area contributed by atoms with Crippen LogP contribution in [-0.2, 0) is 14.4 Å². The van der Waals surface area contributed by atoms with Gasteiger partial charge in [-0.05, 0) is 13.3 Å². The predicted octanol–water partition coefficient (Wildman–Crippen LogP) is -0.911. The second kappa shape index (κ2) is 6.05. The van der Waals surface area contributed by atoms with Gasteiger partial charge in [0.25, 0.3) is 0 Å². The summed E-state index contributed by atoms with van der Waals surface area (Å²) in [4.78, 5) is 37.2. The fourth-order valence-corrected chi connectivity index (χ4v) is 5.35. The van der Waals surface area contributed by atoms with Crippen molar-refractivity contribution in [2.75, 3.05) is 6.54 Å². The van der Waals surface area contributed by atoms with Gasteiger partial charge in [0.15, 0.2) is 0 Å². The first-order valence-corrected chi connectivity index (χ1v) is 8.80. The van der Waals surface area contributed by atoms with Gasteiger partial charge < -0.3 is 26.2 Å². The zero-order chi connectivity index (χ0) is 17.8. The number of nitrogens with two attached hydrogens (primary N) is 1. The molecule has 0 aromatic rings. The molecule has 2 fully saturated rings. The van der Waals surface area contributed by atoms with Gasteiger partial charge in [0.1, 0.15) is 5.70 Å². The minimum absolute atomic E-state index is 0.0157. The van der Waals surface area contributed by atoms with Gasteiger partial charge in [-0.15, -0.1) is 11.8 Å². The molecule has 0 aliphatic carbocycles. The number of thioether (sulfide) groups is 1. The van der Waals surface area contributed by atoms with Crippen molar-refractivity contribution in [1.29, 1.82) is 0 Å². The van der Waals surface area contributed by atoms with E-state index in [1.54, 1.807) is 6.92 Å². The molecule has 8 nitrogen and oxygen atoms in total. The SMILES string of the molecule is C[C@@H](O)[C@H]1C(=O)N2C(C(=O)O)=C(S[C@@H]3CN[C@H](C(N)=O)C3)[C@H](C)[C@H]12. The average Bonchev–Trinajstić information content (AvgIpc) is 3.03. The van der Waals surface area contributed by atoms with E-state index in [1.165, 1.54) is 16.7 Å². The zero-order valence-corrected chi connectivity index (χ0v) is 14.2. The Morgan fingerprint density at radius 2 is 2.12 bits per heavy atom. The maximum absolute atomic E-state index is 12.3. The number of aliphatic hydroxyl groups excluding tert-OH is 1. The minimum atomic E-state index is -1.14. The maximum atomic E-state index is 12.3. The number of rotatable bonds is 5. The van der Waals surface area contributed by atoms with E-state index < -0.39 is 29.9 Å². The molecule has 0 spiro atoms. The fraction of sp³-hybridized carbons (Fsp3) is 0.667. The van der Waals surface area contributed by atoms with Gasteiger partial charge >= 0.3 is 5.97 Å². The summed E-state index contributed by atoms with van der Waals surface area (Å²) in [5, 5.41) is 22.4. The van der Waals surface area contributed by atoms with Gasteiger partial charge in [-0.3, -0.25) is 9.59 Å². The summed E-state index contributed by atoms with van der Waals surface area (Å²) < 4.78 is 0. The molecule has 9 heteroatoms. The standard InChI is InChI=1S/C15H21N3O5S/c1-5-10-9(6(2)19)14(21)18(10)11(15(22)23)12(5)24-7-3-8(13(16)20)17-4-7/h5-10,17,19H,3-4H2,1-2H3,(H2,16,20)(H,22,23)/t5-,6-,7+,8+,9-,10-/m1/s1. The summed E-state index contributed by atoms with van der Waals surface area (Å²) in [7, 11) is 0. The number of aliphatic hydroxyl groups is 1. The van der Waals surface area contributed by atoms with E-state index >= 15 is 0 Å². The Balaban J connectivity index is 1.83. The molecule has 0 aromatic carbocycles. The Kier molecular flexibility index (Phi) is 4.35. The number of carboxylic acid groups (broad SMARTS) is 1. The first kappa shape index (κ1) is 17.2. The van der Waals surface area contributed by atoms with E-state index in [9.17, 15) is 24.6 Å². The highest BCUT2D eigenvalue weighted by atomic mass is 32.2. The third kappa shape index (κ3) is 2.51. The van der Waals surface area contributed by atoms with Crippen LogP contribution in [0.25, 0.3) is 0 Å². The number of aliphatic carboxylic acids is 1. The first-order valence-electron chi connectivity index (χ1n) is 7.92. The van der Waals surface area contributed by atoms with Crippen molar-refractivity contribution in [2.45, 2.75) is 43.7 Å². The van der Waals surface area contributed by atoms with Crippen molar-refractivity contribution < 1.29 is 24.6 Å². The Hall–Kier alpha value is -1.58. The number of nitrogens with zero attached hydrogens (tertiary/aromatic N) is 1. The molecular formula is C15H21N3O5S. The van der Waals surface area contributed by atoms with Gasteiger partial charge in [0.2, 0.25) is 11.8 Å². The lowest BCUT2D eigenvalue weighted by Gasteiger charge is -2.46. The summed E-state index contributed by atoms with van der Waals surface area (Å²) in [6.45, 7) is 3.99. The number of β-lactam (4-membered cyclic amide) rings is 1. The van der Waals surface area contributed by atoms with Crippen LogP contribution in [0.4, 0.5) is 0 Å². The van der Waals surface area contributed by atoms with Crippen molar-refractivity contribution in [3.8, 4) is 0 Å². The molecule has 2 amide bonds. The molecule has 24 heavy (non-hydrogen) atoms. The van der Waals surface area contributed by atoms with Crippen LogP contribution in [0, 0.1) is 11.8 Å². The molecule has 0 unspecified atom stereocenters. The quantitative estimate of drug-likeness (QED) is 0.469. The third-order valence-corrected chi connectivity index (χ3v) is 6.55. The first-order chi connectivity index (χ1) is 11.2. The lowest BCUT2D eigenvalue weighted by atomic mass is 9.79. The van der Waals surface area contributed by atoms with E-state index in [2.05, 4.69) is 5.32 Å². The van der Waals surface area contributed by atoms with E-state index in [0.717, 1.165) is 0 Å². The van der Waals surface area contributed by atoms with E-state index in [4.69, 9.17) is 5.73 Å². The van der Waals surface area contributed by atoms with Gasteiger partial charge in [0.05, 0.1) is 24.1 Å². The van der Waals surface area contributed by atoms with Crippen molar-refractivity contribution in [1.82, 2.24) is 10.2 Å². The molecule has 5 N–H and O–H groups in total. The largest absolute Gasteiger partial charge is 0.477 e. The highest BCUT2D eigenvalue weighted by molar-refractivity contribution is 8.03. The molecule has 3 rings (SSSR count). The third-order valence-electron chi connectivity index (χ3n) is 5.04. The lowest BCUT2D eigenvalue weighted by molar-refractivity contribution is -0.163. The van der Waals surface area contributed by atoms with Gasteiger partial charge in [-0.2, -0.15) is 0 Å². The molecule has 132 valence electrons. The van der Waals surface area contributed by atoms with Crippen LogP contribution >= 0.6 is 11.8 Å². The second-order valence-corrected chi connectivity index (χ2v) is 7.95. The van der Waals surface area contributed by atoms with Crippen molar-refractivity contribution >= 4 is 29.5 Å². The fourth-order valence-electron chi connectivity index (χ4n) is 3.87. The van der Waals surface area contributed by atoms with Gasteiger partial charge in [-0.1, -0.05) is 6.92 Å². The number of fused-ring (bicyclic) bond motifs is 1. The number of hydrogen-bond donors (Lipinski definition) is 4. The zero-order valence-electron chi connectivity index (χ0n) is 13.4. The average molecular weight is 355 g/mol. The Bertz CT molecular complexity index is 635. The summed E-state index contributed by atoms with van der Waals surface area (Å²) in [6, 6.07) is -0.718. The lowest BCUT2D eigenvalue weighted by Crippen LogP contribution is -2.63. The number of carbonyl (C=O) groups is 3. The number of nitrogens with one attached hydrogen (secondary N) is 1. The highest BCUT2D eigenvalue weighted by Crippen LogP contribution is 2.51. The molecule has 0 bridgehead atoms. The van der Waals surface area contributed by atoms with Crippen LogP contribution in [0.15, 0.2) is 10.6 Å². The summed E-state index contributed by atoms with van der Waals surface area (Å²) in [5.41, 5.74) is 5.31. The molecule has 3 aliphatic heterocycles. The number of carboxylic acids is 1. The summed E-state index contributed by atoms with van der Waals surface area (Å²) in [6.07, 6.45) is -0.283.